The molecule has 160 valence electrons. The lowest BCUT2D eigenvalue weighted by Crippen LogP contribution is -2.39. The van der Waals surface area contributed by atoms with Crippen LogP contribution >= 0.6 is 22.9 Å². The summed E-state index contributed by atoms with van der Waals surface area (Å²) >= 11 is 7.73. The second-order valence-electron chi connectivity index (χ2n) is 7.37. The van der Waals surface area contributed by atoms with E-state index in [2.05, 4.69) is 4.98 Å². The Balaban J connectivity index is 1.80. The number of pyridine rings is 1. The van der Waals surface area contributed by atoms with Crippen molar-refractivity contribution in [1.29, 1.82) is 0 Å². The number of fused-ring (bicyclic) bond motifs is 1. The van der Waals surface area contributed by atoms with Crippen molar-refractivity contribution >= 4 is 33.0 Å². The van der Waals surface area contributed by atoms with Gasteiger partial charge in [-0.05, 0) is 47.7 Å². The predicted octanol–water partition coefficient (Wildman–Crippen LogP) is 6.43. The second-order valence-corrected chi connectivity index (χ2v) is 8.86. The van der Waals surface area contributed by atoms with Gasteiger partial charge < -0.3 is 10.8 Å². The molecule has 0 saturated carbocycles. The van der Waals surface area contributed by atoms with Crippen molar-refractivity contribution < 1.29 is 18.3 Å². The maximum absolute atomic E-state index is 13.3. The van der Waals surface area contributed by atoms with E-state index in [4.69, 9.17) is 17.3 Å². The first-order chi connectivity index (χ1) is 14.6. The van der Waals surface area contributed by atoms with Gasteiger partial charge in [0.2, 0.25) is 0 Å². The number of hydrogen-bond acceptors (Lipinski definition) is 4. The Kier molecular flexibility index (Phi) is 5.55. The van der Waals surface area contributed by atoms with E-state index < -0.39 is 17.8 Å². The number of nitrogens with two attached hydrogens (primary N) is 1. The zero-order chi connectivity index (χ0) is 22.4. The summed E-state index contributed by atoms with van der Waals surface area (Å²) < 4.78 is 40.7. The molecule has 2 aromatic carbocycles. The van der Waals surface area contributed by atoms with E-state index in [-0.39, 0.29) is 5.56 Å². The highest BCUT2D eigenvalue weighted by Crippen LogP contribution is 2.41. The maximum Gasteiger partial charge on any atom is 0.421 e. The molecule has 0 fully saturated rings. The van der Waals surface area contributed by atoms with Crippen LogP contribution in [0.5, 0.6) is 0 Å². The van der Waals surface area contributed by atoms with Crippen LogP contribution in [0.1, 0.15) is 29.0 Å². The SMILES string of the molecule is C[C@](O)(c1ccnc(-c2cccc3cc(C(N)c4ccccc4Cl)sc23)c1)C(F)(F)F. The number of nitrogens with zero attached hydrogens (tertiary/aromatic N) is 1. The molecule has 0 amide bonds. The van der Waals surface area contributed by atoms with Crippen LogP contribution in [-0.2, 0) is 5.60 Å². The molecular formula is C23H18ClF3N2OS. The van der Waals surface area contributed by atoms with Gasteiger partial charge >= 0.3 is 6.18 Å². The molecule has 0 aliphatic carbocycles. The summed E-state index contributed by atoms with van der Waals surface area (Å²) in [5.41, 5.74) is 5.00. The van der Waals surface area contributed by atoms with Crippen LogP contribution in [-0.4, -0.2) is 16.3 Å². The normalized spacial score (nSPS) is 15.1. The molecular weight excluding hydrogens is 445 g/mol. The summed E-state index contributed by atoms with van der Waals surface area (Å²) in [4.78, 5) is 5.13. The van der Waals surface area contributed by atoms with E-state index >= 15 is 0 Å². The molecule has 0 bridgehead atoms. The van der Waals surface area contributed by atoms with Crippen LogP contribution in [0.4, 0.5) is 13.2 Å². The largest absolute Gasteiger partial charge is 0.421 e. The lowest BCUT2D eigenvalue weighted by atomic mass is 9.94. The van der Waals surface area contributed by atoms with Crippen LogP contribution in [0, 0.1) is 0 Å². The van der Waals surface area contributed by atoms with Gasteiger partial charge in [0.1, 0.15) is 0 Å². The summed E-state index contributed by atoms with van der Waals surface area (Å²) in [7, 11) is 0. The smallest absolute Gasteiger partial charge is 0.376 e. The second kappa shape index (κ2) is 7.91. The van der Waals surface area contributed by atoms with Crippen molar-refractivity contribution in [2.45, 2.75) is 24.7 Å². The van der Waals surface area contributed by atoms with Gasteiger partial charge in [0.05, 0.1) is 11.7 Å². The Hall–Kier alpha value is -2.45. The summed E-state index contributed by atoms with van der Waals surface area (Å²) in [6.07, 6.45) is -3.54. The third-order valence-corrected chi connectivity index (χ3v) is 6.87. The summed E-state index contributed by atoms with van der Waals surface area (Å²) in [6.45, 7) is 0.735. The van der Waals surface area contributed by atoms with Gasteiger partial charge in [-0.3, -0.25) is 4.98 Å². The fourth-order valence-corrected chi connectivity index (χ4v) is 4.82. The molecule has 3 N–H and O–H groups in total. The van der Waals surface area contributed by atoms with Gasteiger partial charge in [-0.25, -0.2) is 0 Å². The van der Waals surface area contributed by atoms with Crippen LogP contribution < -0.4 is 5.73 Å². The average molecular weight is 463 g/mol. The maximum atomic E-state index is 13.3. The van der Waals surface area contributed by atoms with E-state index in [0.29, 0.717) is 16.3 Å². The molecule has 0 radical (unpaired) electrons. The number of thiophene rings is 1. The number of aromatic nitrogens is 1. The monoisotopic (exact) mass is 462 g/mol. The minimum atomic E-state index is -4.81. The molecule has 4 rings (SSSR count). The Morgan fingerprint density at radius 3 is 2.52 bits per heavy atom. The van der Waals surface area contributed by atoms with Crippen LogP contribution in [0.15, 0.2) is 66.9 Å². The third kappa shape index (κ3) is 3.94. The number of hydrogen-bond donors (Lipinski definition) is 2. The molecule has 31 heavy (non-hydrogen) atoms. The quantitative estimate of drug-likeness (QED) is 0.367. The Bertz CT molecular complexity index is 1250. The average Bonchev–Trinajstić information content (AvgIpc) is 3.17. The Morgan fingerprint density at radius 1 is 1.06 bits per heavy atom. The molecule has 0 aliphatic heterocycles. The van der Waals surface area contributed by atoms with Crippen molar-refractivity contribution in [3.05, 3.63) is 87.9 Å². The van der Waals surface area contributed by atoms with Crippen molar-refractivity contribution in [3.8, 4) is 11.3 Å². The van der Waals surface area contributed by atoms with Crippen LogP contribution in [0.25, 0.3) is 21.3 Å². The third-order valence-electron chi connectivity index (χ3n) is 5.26. The molecule has 2 atom stereocenters. The highest BCUT2D eigenvalue weighted by molar-refractivity contribution is 7.19. The molecule has 0 saturated heterocycles. The fourth-order valence-electron chi connectivity index (χ4n) is 3.36. The molecule has 0 spiro atoms. The first-order valence-electron chi connectivity index (χ1n) is 9.38. The molecule has 0 aliphatic rings. The first-order valence-corrected chi connectivity index (χ1v) is 10.6. The number of benzene rings is 2. The van der Waals surface area contributed by atoms with Crippen molar-refractivity contribution in [2.75, 3.05) is 0 Å². The highest BCUT2D eigenvalue weighted by atomic mass is 35.5. The van der Waals surface area contributed by atoms with Gasteiger partial charge in [0.15, 0.2) is 5.60 Å². The van der Waals surface area contributed by atoms with E-state index in [1.54, 1.807) is 12.1 Å². The minimum absolute atomic E-state index is 0.272. The van der Waals surface area contributed by atoms with Crippen LogP contribution in [0.2, 0.25) is 5.02 Å². The number of aliphatic hydroxyl groups is 1. The predicted molar refractivity (Wildman–Crippen MR) is 118 cm³/mol. The summed E-state index contributed by atoms with van der Waals surface area (Å²) in [5, 5.41) is 11.5. The van der Waals surface area contributed by atoms with Crippen molar-refractivity contribution in [3.63, 3.8) is 0 Å². The summed E-state index contributed by atoms with van der Waals surface area (Å²) in [5.74, 6) is 0. The molecule has 3 nitrogen and oxygen atoms in total. The molecule has 2 heterocycles. The van der Waals surface area contributed by atoms with Gasteiger partial charge in [-0.15, -0.1) is 11.3 Å². The Morgan fingerprint density at radius 2 is 1.81 bits per heavy atom. The van der Waals surface area contributed by atoms with E-state index in [1.807, 2.05) is 36.4 Å². The lowest BCUT2D eigenvalue weighted by molar-refractivity contribution is -0.258. The van der Waals surface area contributed by atoms with E-state index in [9.17, 15) is 18.3 Å². The van der Waals surface area contributed by atoms with Gasteiger partial charge in [-0.1, -0.05) is 48.0 Å². The molecule has 8 heteroatoms. The lowest BCUT2D eigenvalue weighted by Gasteiger charge is -2.26. The van der Waals surface area contributed by atoms with Gasteiger partial charge in [-0.2, -0.15) is 13.2 Å². The standard InChI is InChI=1S/C23H18ClF3N2OS/c1-22(30,23(25,26)27)14-9-10-29-18(12-14)16-7-4-5-13-11-19(31-21(13)16)20(28)15-6-2-3-8-17(15)24/h2-12,20,30H,28H2,1H3/t20?,22-/m0/s1. The number of halogens is 4. The first kappa shape index (κ1) is 21.8. The zero-order valence-electron chi connectivity index (χ0n) is 16.3. The van der Waals surface area contributed by atoms with Gasteiger partial charge in [0.25, 0.3) is 0 Å². The Labute approximate surface area is 185 Å². The van der Waals surface area contributed by atoms with Crippen LogP contribution in [0.3, 0.4) is 0 Å². The van der Waals surface area contributed by atoms with E-state index in [1.165, 1.54) is 29.7 Å². The topological polar surface area (TPSA) is 59.1 Å². The zero-order valence-corrected chi connectivity index (χ0v) is 17.9. The molecule has 1 unspecified atom stereocenters. The highest BCUT2D eigenvalue weighted by Gasteiger charge is 2.51. The summed E-state index contributed by atoms with van der Waals surface area (Å²) in [6, 6.07) is 16.8. The number of alkyl halides is 3. The molecule has 4 aromatic rings. The fraction of sp³-hybridized carbons (Fsp3) is 0.174. The number of rotatable bonds is 4. The van der Waals surface area contributed by atoms with Crippen molar-refractivity contribution in [2.24, 2.45) is 5.73 Å². The minimum Gasteiger partial charge on any atom is -0.376 e. The van der Waals surface area contributed by atoms with Crippen molar-refractivity contribution in [1.82, 2.24) is 4.98 Å². The molecule has 2 aromatic heterocycles. The van der Waals surface area contributed by atoms with E-state index in [0.717, 1.165) is 27.5 Å². The van der Waals surface area contributed by atoms with Gasteiger partial charge in [0, 0.05) is 26.4 Å².